The molecule has 0 fully saturated rings. The Morgan fingerprint density at radius 2 is 2.05 bits per heavy atom. The summed E-state index contributed by atoms with van der Waals surface area (Å²) in [6.45, 7) is 3.76. The first-order valence-electron chi connectivity index (χ1n) is 6.54. The molecular formula is C16H19N3S. The number of hydrogen-bond donors (Lipinski definition) is 1. The van der Waals surface area contributed by atoms with Gasteiger partial charge in [0.2, 0.25) is 0 Å². The lowest BCUT2D eigenvalue weighted by molar-refractivity contribution is 0.318. The van der Waals surface area contributed by atoms with Crippen molar-refractivity contribution in [1.82, 2.24) is 9.88 Å². The predicted molar refractivity (Wildman–Crippen MR) is 86.5 cm³/mol. The highest BCUT2D eigenvalue weighted by Crippen LogP contribution is 2.12. The van der Waals surface area contributed by atoms with E-state index in [9.17, 15) is 0 Å². The number of nitrogens with two attached hydrogens (primary N) is 1. The van der Waals surface area contributed by atoms with Crippen LogP contribution >= 0.6 is 12.2 Å². The van der Waals surface area contributed by atoms with Gasteiger partial charge in [-0.05, 0) is 31.2 Å². The van der Waals surface area contributed by atoms with Crippen LogP contribution in [-0.4, -0.2) is 21.9 Å². The van der Waals surface area contributed by atoms with Gasteiger partial charge in [-0.15, -0.1) is 0 Å². The quantitative estimate of drug-likeness (QED) is 0.858. The van der Waals surface area contributed by atoms with Gasteiger partial charge in [0.1, 0.15) is 10.7 Å². The topological polar surface area (TPSA) is 42.2 Å². The number of aryl methyl sites for hydroxylation is 1. The third kappa shape index (κ3) is 3.85. The number of rotatable bonds is 5. The largest absolute Gasteiger partial charge is 0.388 e. The zero-order valence-electron chi connectivity index (χ0n) is 11.8. The van der Waals surface area contributed by atoms with Crippen LogP contribution in [0.5, 0.6) is 0 Å². The smallest absolute Gasteiger partial charge is 0.123 e. The van der Waals surface area contributed by atoms with Crippen molar-refractivity contribution < 1.29 is 0 Å². The summed E-state index contributed by atoms with van der Waals surface area (Å²) in [6, 6.07) is 12.5. The standard InChI is InChI=1S/C16H19N3S/c1-12-5-3-6-13(9-12)10-19(2)11-14-7-4-8-18-15(14)16(17)20/h3-9H,10-11H2,1-2H3,(H2,17,20). The molecule has 0 atom stereocenters. The fourth-order valence-electron chi connectivity index (χ4n) is 2.26. The van der Waals surface area contributed by atoms with E-state index in [1.54, 1.807) is 6.20 Å². The van der Waals surface area contributed by atoms with E-state index in [1.807, 2.05) is 12.1 Å². The summed E-state index contributed by atoms with van der Waals surface area (Å²) in [6.07, 6.45) is 1.72. The first-order chi connectivity index (χ1) is 9.56. The molecule has 1 heterocycles. The molecule has 104 valence electrons. The molecule has 4 heteroatoms. The van der Waals surface area contributed by atoms with Gasteiger partial charge in [0.15, 0.2) is 0 Å². The fourth-order valence-corrected chi connectivity index (χ4v) is 2.44. The average Bonchev–Trinajstić information content (AvgIpc) is 2.38. The number of thiocarbonyl (C=S) groups is 1. The number of hydrogen-bond acceptors (Lipinski definition) is 3. The van der Waals surface area contributed by atoms with Gasteiger partial charge in [-0.25, -0.2) is 0 Å². The third-order valence-electron chi connectivity index (χ3n) is 3.10. The number of pyridine rings is 1. The Bertz CT molecular complexity index is 610. The normalized spacial score (nSPS) is 10.8. The molecule has 2 aromatic rings. The van der Waals surface area contributed by atoms with E-state index < -0.39 is 0 Å². The van der Waals surface area contributed by atoms with E-state index in [0.717, 1.165) is 24.3 Å². The monoisotopic (exact) mass is 285 g/mol. The maximum Gasteiger partial charge on any atom is 0.123 e. The number of aromatic nitrogens is 1. The van der Waals surface area contributed by atoms with Gasteiger partial charge in [-0.2, -0.15) is 0 Å². The second-order valence-electron chi connectivity index (χ2n) is 5.04. The molecule has 2 rings (SSSR count). The van der Waals surface area contributed by atoms with Crippen LogP contribution < -0.4 is 5.73 Å². The van der Waals surface area contributed by atoms with Crippen LogP contribution in [0, 0.1) is 6.92 Å². The molecule has 0 saturated carbocycles. The summed E-state index contributed by atoms with van der Waals surface area (Å²) in [5.74, 6) is 0. The molecule has 0 aliphatic carbocycles. The molecule has 0 bridgehead atoms. The highest BCUT2D eigenvalue weighted by molar-refractivity contribution is 7.80. The van der Waals surface area contributed by atoms with Gasteiger partial charge >= 0.3 is 0 Å². The molecule has 0 saturated heterocycles. The molecule has 0 radical (unpaired) electrons. The minimum absolute atomic E-state index is 0.351. The highest BCUT2D eigenvalue weighted by atomic mass is 32.1. The van der Waals surface area contributed by atoms with Crippen LogP contribution in [0.3, 0.4) is 0 Å². The van der Waals surface area contributed by atoms with Crippen LogP contribution in [0.4, 0.5) is 0 Å². The molecule has 1 aromatic heterocycles. The van der Waals surface area contributed by atoms with E-state index in [0.29, 0.717) is 4.99 Å². The van der Waals surface area contributed by atoms with Crippen LogP contribution in [-0.2, 0) is 13.1 Å². The second-order valence-corrected chi connectivity index (χ2v) is 5.48. The second kappa shape index (κ2) is 6.59. The fraction of sp³-hybridized carbons (Fsp3) is 0.250. The predicted octanol–water partition coefficient (Wildman–Crippen LogP) is 2.66. The highest BCUT2D eigenvalue weighted by Gasteiger charge is 2.09. The van der Waals surface area contributed by atoms with Crippen molar-refractivity contribution in [1.29, 1.82) is 0 Å². The Morgan fingerprint density at radius 1 is 1.25 bits per heavy atom. The Labute approximate surface area is 125 Å². The molecule has 2 N–H and O–H groups in total. The molecule has 0 aliphatic heterocycles. The van der Waals surface area contributed by atoms with Crippen molar-refractivity contribution in [3.63, 3.8) is 0 Å². The minimum Gasteiger partial charge on any atom is -0.388 e. The summed E-state index contributed by atoms with van der Waals surface area (Å²) in [4.78, 5) is 6.84. The van der Waals surface area contributed by atoms with E-state index in [1.165, 1.54) is 11.1 Å². The first kappa shape index (κ1) is 14.6. The summed E-state index contributed by atoms with van der Waals surface area (Å²) >= 11 is 5.05. The lowest BCUT2D eigenvalue weighted by Gasteiger charge is -2.18. The maximum atomic E-state index is 5.71. The zero-order valence-corrected chi connectivity index (χ0v) is 12.7. The van der Waals surface area contributed by atoms with Crippen LogP contribution in [0.2, 0.25) is 0 Å². The molecule has 20 heavy (non-hydrogen) atoms. The van der Waals surface area contributed by atoms with E-state index in [4.69, 9.17) is 18.0 Å². The molecule has 0 unspecified atom stereocenters. The van der Waals surface area contributed by atoms with Gasteiger partial charge < -0.3 is 5.73 Å². The van der Waals surface area contributed by atoms with Gasteiger partial charge in [0.25, 0.3) is 0 Å². The Kier molecular flexibility index (Phi) is 4.82. The van der Waals surface area contributed by atoms with Gasteiger partial charge in [0.05, 0.1) is 0 Å². The van der Waals surface area contributed by atoms with Crippen molar-refractivity contribution >= 4 is 17.2 Å². The van der Waals surface area contributed by atoms with E-state index in [-0.39, 0.29) is 0 Å². The molecule has 0 amide bonds. The summed E-state index contributed by atoms with van der Waals surface area (Å²) in [5.41, 5.74) is 10.1. The zero-order chi connectivity index (χ0) is 14.5. The van der Waals surface area contributed by atoms with Crippen LogP contribution in [0.25, 0.3) is 0 Å². The van der Waals surface area contributed by atoms with Crippen molar-refractivity contribution in [3.05, 3.63) is 65.0 Å². The van der Waals surface area contributed by atoms with Crippen molar-refractivity contribution in [2.45, 2.75) is 20.0 Å². The van der Waals surface area contributed by atoms with E-state index >= 15 is 0 Å². The first-order valence-corrected chi connectivity index (χ1v) is 6.95. The Hall–Kier alpha value is -1.78. The lowest BCUT2D eigenvalue weighted by Crippen LogP contribution is -2.21. The Morgan fingerprint density at radius 3 is 2.75 bits per heavy atom. The summed E-state index contributed by atoms with van der Waals surface area (Å²) in [5, 5.41) is 0. The number of benzene rings is 1. The van der Waals surface area contributed by atoms with Crippen molar-refractivity contribution in [2.75, 3.05) is 7.05 Å². The Balaban J connectivity index is 2.08. The van der Waals surface area contributed by atoms with Crippen LogP contribution in [0.1, 0.15) is 22.4 Å². The molecule has 0 spiro atoms. The molecular weight excluding hydrogens is 266 g/mol. The molecule has 1 aromatic carbocycles. The van der Waals surface area contributed by atoms with Gasteiger partial charge in [0, 0.05) is 19.3 Å². The van der Waals surface area contributed by atoms with Gasteiger partial charge in [-0.3, -0.25) is 9.88 Å². The average molecular weight is 285 g/mol. The summed E-state index contributed by atoms with van der Waals surface area (Å²) in [7, 11) is 2.08. The summed E-state index contributed by atoms with van der Waals surface area (Å²) < 4.78 is 0. The van der Waals surface area contributed by atoms with Gasteiger partial charge in [-0.1, -0.05) is 48.1 Å². The molecule has 0 aliphatic rings. The SMILES string of the molecule is Cc1cccc(CN(C)Cc2cccnc2C(N)=S)c1. The van der Waals surface area contributed by atoms with E-state index in [2.05, 4.69) is 48.1 Å². The number of nitrogens with zero attached hydrogens (tertiary/aromatic N) is 2. The molecule has 3 nitrogen and oxygen atoms in total. The maximum absolute atomic E-state index is 5.71. The van der Waals surface area contributed by atoms with Crippen molar-refractivity contribution in [3.8, 4) is 0 Å². The third-order valence-corrected chi connectivity index (χ3v) is 3.29. The lowest BCUT2D eigenvalue weighted by atomic mass is 10.1. The van der Waals surface area contributed by atoms with Crippen molar-refractivity contribution in [2.24, 2.45) is 5.73 Å². The minimum atomic E-state index is 0.351. The van der Waals surface area contributed by atoms with Crippen LogP contribution in [0.15, 0.2) is 42.6 Å².